The molecule has 1 unspecified atom stereocenters. The average molecular weight is 846 g/mol. The number of carboxylic acid groups (broad SMARTS) is 1. The third kappa shape index (κ3) is 41.2. The number of amides is 3. The second-order valence-corrected chi connectivity index (χ2v) is 16.7. The maximum atomic E-state index is 12.9. The lowest BCUT2D eigenvalue weighted by Crippen LogP contribution is -2.44. The van der Waals surface area contributed by atoms with E-state index < -0.39 is 29.2 Å². The molecular formula is C43H79N3O13. The van der Waals surface area contributed by atoms with Crippen LogP contribution in [0.3, 0.4) is 0 Å². The van der Waals surface area contributed by atoms with Gasteiger partial charge in [0.15, 0.2) is 0 Å². The summed E-state index contributed by atoms with van der Waals surface area (Å²) >= 11 is 0. The number of hydrogen-bond acceptors (Lipinski definition) is 12. The van der Waals surface area contributed by atoms with Crippen LogP contribution >= 0.6 is 0 Å². The number of nitrogens with one attached hydrogen (secondary N) is 3. The Morgan fingerprint density at radius 1 is 0.475 bits per heavy atom. The fraction of sp³-hybridized carbons (Fsp3) is 0.860. The van der Waals surface area contributed by atoms with Crippen molar-refractivity contribution in [2.75, 3.05) is 65.9 Å². The highest BCUT2D eigenvalue weighted by molar-refractivity contribution is 5.85. The number of rotatable bonds is 38. The fourth-order valence-corrected chi connectivity index (χ4v) is 5.66. The summed E-state index contributed by atoms with van der Waals surface area (Å²) in [6, 6.07) is -0.931. The number of unbranched alkanes of at least 4 members (excludes halogenated alkanes) is 13. The van der Waals surface area contributed by atoms with Gasteiger partial charge in [0.1, 0.15) is 30.5 Å². The van der Waals surface area contributed by atoms with Gasteiger partial charge in [-0.2, -0.15) is 0 Å². The number of aliphatic carboxylic acids is 1. The van der Waals surface area contributed by atoms with Crippen LogP contribution in [0.1, 0.15) is 157 Å². The Hall–Kier alpha value is -3.34. The molecule has 4 N–H and O–H groups in total. The van der Waals surface area contributed by atoms with Gasteiger partial charge in [0.25, 0.3) is 0 Å². The lowest BCUT2D eigenvalue weighted by Gasteiger charge is -2.24. The van der Waals surface area contributed by atoms with Crippen molar-refractivity contribution in [1.29, 1.82) is 0 Å². The zero-order chi connectivity index (χ0) is 44.2. The van der Waals surface area contributed by atoms with E-state index in [0.29, 0.717) is 12.8 Å². The molecule has 0 heterocycles. The average Bonchev–Trinajstić information content (AvgIpc) is 3.13. The summed E-state index contributed by atoms with van der Waals surface area (Å²) in [5, 5.41) is 16.6. The van der Waals surface area contributed by atoms with Crippen LogP contribution in [0.25, 0.3) is 0 Å². The van der Waals surface area contributed by atoms with Gasteiger partial charge in [-0.3, -0.25) is 19.2 Å². The quantitative estimate of drug-likeness (QED) is 0.0443. The molecular weight excluding hydrogens is 766 g/mol. The molecule has 16 heteroatoms. The molecule has 344 valence electrons. The van der Waals surface area contributed by atoms with Gasteiger partial charge in [0.2, 0.25) is 17.7 Å². The smallest absolute Gasteiger partial charge is 0.329 e. The molecule has 0 saturated carbocycles. The van der Waals surface area contributed by atoms with Crippen molar-refractivity contribution in [3.63, 3.8) is 0 Å². The Morgan fingerprint density at radius 2 is 0.898 bits per heavy atom. The summed E-state index contributed by atoms with van der Waals surface area (Å²) in [5.41, 5.74) is -1.15. The van der Waals surface area contributed by atoms with E-state index in [9.17, 15) is 28.8 Å². The predicted octanol–water partition coefficient (Wildman–Crippen LogP) is 5.56. The van der Waals surface area contributed by atoms with Crippen LogP contribution in [0.15, 0.2) is 0 Å². The van der Waals surface area contributed by atoms with Gasteiger partial charge >= 0.3 is 17.9 Å². The second kappa shape index (κ2) is 35.4. The van der Waals surface area contributed by atoms with Crippen molar-refractivity contribution < 1.29 is 62.3 Å². The summed E-state index contributed by atoms with van der Waals surface area (Å²) in [4.78, 5) is 72.0. The topological polar surface area (TPSA) is 214 Å². The molecule has 0 aliphatic carbocycles. The summed E-state index contributed by atoms with van der Waals surface area (Å²) in [6.45, 7) is 12.2. The van der Waals surface area contributed by atoms with E-state index in [4.69, 9.17) is 33.5 Å². The molecule has 0 spiro atoms. The third-order valence-electron chi connectivity index (χ3n) is 8.48. The third-order valence-corrected chi connectivity index (χ3v) is 8.48. The zero-order valence-electron chi connectivity index (χ0n) is 37.2. The molecule has 0 aromatic carbocycles. The van der Waals surface area contributed by atoms with Gasteiger partial charge in [0, 0.05) is 32.4 Å². The van der Waals surface area contributed by atoms with Gasteiger partial charge in [-0.25, -0.2) is 9.59 Å². The van der Waals surface area contributed by atoms with E-state index in [1.807, 2.05) is 20.8 Å². The highest BCUT2D eigenvalue weighted by atomic mass is 16.6. The lowest BCUT2D eigenvalue weighted by molar-refractivity contribution is -0.159. The minimum Gasteiger partial charge on any atom is -0.480 e. The monoisotopic (exact) mass is 846 g/mol. The van der Waals surface area contributed by atoms with E-state index in [-0.39, 0.29) is 102 Å². The number of ether oxygens (including phenoxy) is 6. The summed E-state index contributed by atoms with van der Waals surface area (Å²) in [6.07, 6.45) is 16.6. The SMILES string of the molecule is CC(C)(C)OC(=O)CCCCCCCCCCCCCCCCC(=O)NC(CCC(=O)NCCOCCOCC(=O)NCCOCCOCC(=O)O)C(=O)OC(C)(C)C. The summed E-state index contributed by atoms with van der Waals surface area (Å²) in [7, 11) is 0. The minimum absolute atomic E-state index is 0.0172. The van der Waals surface area contributed by atoms with E-state index in [1.54, 1.807) is 20.8 Å². The van der Waals surface area contributed by atoms with Crippen LogP contribution in [0.2, 0.25) is 0 Å². The Kier molecular flexibility index (Phi) is 33.4. The summed E-state index contributed by atoms with van der Waals surface area (Å²) in [5.74, 6) is -2.56. The molecule has 0 aliphatic rings. The maximum Gasteiger partial charge on any atom is 0.329 e. The Morgan fingerprint density at radius 3 is 1.37 bits per heavy atom. The lowest BCUT2D eigenvalue weighted by atomic mass is 10.0. The van der Waals surface area contributed by atoms with Gasteiger partial charge in [-0.05, 0) is 60.8 Å². The van der Waals surface area contributed by atoms with Gasteiger partial charge in [0.05, 0.1) is 39.6 Å². The van der Waals surface area contributed by atoms with Crippen molar-refractivity contribution in [3.8, 4) is 0 Å². The van der Waals surface area contributed by atoms with Crippen LogP contribution < -0.4 is 16.0 Å². The van der Waals surface area contributed by atoms with Crippen LogP contribution in [0.5, 0.6) is 0 Å². The molecule has 3 amide bonds. The van der Waals surface area contributed by atoms with Crippen molar-refractivity contribution in [1.82, 2.24) is 16.0 Å². The minimum atomic E-state index is -1.05. The van der Waals surface area contributed by atoms with Crippen molar-refractivity contribution in [2.24, 2.45) is 0 Å². The zero-order valence-corrected chi connectivity index (χ0v) is 37.2. The normalized spacial score (nSPS) is 12.1. The molecule has 0 rings (SSSR count). The van der Waals surface area contributed by atoms with E-state index in [1.165, 1.54) is 51.4 Å². The highest BCUT2D eigenvalue weighted by Gasteiger charge is 2.27. The molecule has 0 aromatic rings. The first-order valence-corrected chi connectivity index (χ1v) is 21.8. The maximum absolute atomic E-state index is 12.9. The first kappa shape index (κ1) is 55.7. The van der Waals surface area contributed by atoms with Crippen molar-refractivity contribution >= 4 is 35.6 Å². The first-order chi connectivity index (χ1) is 28.0. The molecule has 0 bridgehead atoms. The van der Waals surface area contributed by atoms with E-state index in [0.717, 1.165) is 38.5 Å². The van der Waals surface area contributed by atoms with Crippen LogP contribution in [-0.2, 0) is 57.2 Å². The van der Waals surface area contributed by atoms with Gasteiger partial charge in [-0.1, -0.05) is 77.0 Å². The Labute approximate surface area is 353 Å². The number of carbonyl (C=O) groups excluding carboxylic acids is 5. The molecule has 0 aromatic heterocycles. The summed E-state index contributed by atoms with van der Waals surface area (Å²) < 4.78 is 31.6. The predicted molar refractivity (Wildman–Crippen MR) is 224 cm³/mol. The number of hydrogen-bond donors (Lipinski definition) is 4. The Bertz CT molecular complexity index is 1150. The fourth-order valence-electron chi connectivity index (χ4n) is 5.66. The first-order valence-electron chi connectivity index (χ1n) is 21.8. The Balaban J connectivity index is 4.00. The van der Waals surface area contributed by atoms with E-state index >= 15 is 0 Å². The van der Waals surface area contributed by atoms with Gasteiger partial charge < -0.3 is 49.5 Å². The largest absolute Gasteiger partial charge is 0.480 e. The molecule has 1 atom stereocenters. The molecule has 0 radical (unpaired) electrons. The molecule has 0 fully saturated rings. The van der Waals surface area contributed by atoms with Crippen LogP contribution in [-0.4, -0.2) is 124 Å². The molecule has 16 nitrogen and oxygen atoms in total. The van der Waals surface area contributed by atoms with E-state index in [2.05, 4.69) is 16.0 Å². The highest BCUT2D eigenvalue weighted by Crippen LogP contribution is 2.16. The standard InChI is InChI=1S/C43H79N3O13/c1-42(2,3)58-40(52)22-20-18-16-14-12-10-8-7-9-11-13-15-17-19-21-37(48)46-35(41(53)59-43(4,5)6)23-24-36(47)44-25-27-54-29-31-56-33-38(49)45-26-28-55-30-32-57-34-39(50)51/h35H,7-34H2,1-6H3,(H,44,47)(H,45,49)(H,46,48)(H,50,51). The number of carbonyl (C=O) groups is 6. The van der Waals surface area contributed by atoms with Crippen molar-refractivity contribution in [2.45, 2.75) is 174 Å². The molecule has 59 heavy (non-hydrogen) atoms. The number of esters is 2. The number of carboxylic acids is 1. The van der Waals surface area contributed by atoms with Crippen molar-refractivity contribution in [3.05, 3.63) is 0 Å². The molecule has 0 saturated heterocycles. The second-order valence-electron chi connectivity index (χ2n) is 16.7. The van der Waals surface area contributed by atoms with Crippen LogP contribution in [0.4, 0.5) is 0 Å². The molecule has 0 aliphatic heterocycles. The van der Waals surface area contributed by atoms with Crippen LogP contribution in [0, 0.1) is 0 Å². The van der Waals surface area contributed by atoms with Gasteiger partial charge in [-0.15, -0.1) is 0 Å².